The van der Waals surface area contributed by atoms with Crippen LogP contribution in [0.3, 0.4) is 0 Å². The molecule has 1 heterocycles. The third kappa shape index (κ3) is 3.93. The van der Waals surface area contributed by atoms with Crippen molar-refractivity contribution in [3.05, 3.63) is 16.1 Å². The lowest BCUT2D eigenvalue weighted by Crippen LogP contribution is -2.45. The zero-order valence-electron chi connectivity index (χ0n) is 12.1. The predicted molar refractivity (Wildman–Crippen MR) is 79.7 cm³/mol. The number of hydrogen-bond donors (Lipinski definition) is 2. The normalized spacial score (nSPS) is 22.6. The maximum atomic E-state index is 12.1. The minimum Gasteiger partial charge on any atom is -0.396 e. The van der Waals surface area contributed by atoms with Crippen molar-refractivity contribution >= 4 is 17.4 Å². The highest BCUT2D eigenvalue weighted by Crippen LogP contribution is 2.26. The fourth-order valence-corrected chi connectivity index (χ4v) is 3.37. The summed E-state index contributed by atoms with van der Waals surface area (Å²) in [7, 11) is 1.85. The monoisotopic (exact) mass is 297 g/mol. The van der Waals surface area contributed by atoms with Crippen molar-refractivity contribution in [2.24, 2.45) is 5.92 Å². The maximum Gasteiger partial charge on any atom is 0.317 e. The Balaban J connectivity index is 1.77. The Labute approximate surface area is 124 Å². The van der Waals surface area contributed by atoms with Crippen LogP contribution in [-0.2, 0) is 6.54 Å². The van der Waals surface area contributed by atoms with Gasteiger partial charge in [-0.15, -0.1) is 11.3 Å². The first-order valence-electron chi connectivity index (χ1n) is 7.13. The highest BCUT2D eigenvalue weighted by molar-refractivity contribution is 7.11. The largest absolute Gasteiger partial charge is 0.396 e. The molecule has 0 radical (unpaired) electrons. The maximum absolute atomic E-state index is 12.1. The summed E-state index contributed by atoms with van der Waals surface area (Å²) in [5.74, 6) is 0.418. The molecule has 1 saturated carbocycles. The van der Waals surface area contributed by atoms with Crippen LogP contribution in [0.15, 0.2) is 6.20 Å². The van der Waals surface area contributed by atoms with E-state index in [1.54, 1.807) is 16.2 Å². The minimum absolute atomic E-state index is 0.0368. The van der Waals surface area contributed by atoms with Crippen molar-refractivity contribution in [1.82, 2.24) is 15.2 Å². The van der Waals surface area contributed by atoms with Crippen LogP contribution in [0.1, 0.15) is 35.6 Å². The topological polar surface area (TPSA) is 65.5 Å². The van der Waals surface area contributed by atoms with Gasteiger partial charge in [-0.2, -0.15) is 0 Å². The molecule has 2 amide bonds. The molecule has 2 rings (SSSR count). The molecular formula is C14H23N3O2S. The summed E-state index contributed by atoms with van der Waals surface area (Å²) in [6.07, 6.45) is 5.79. The van der Waals surface area contributed by atoms with E-state index in [0.717, 1.165) is 35.6 Å². The number of aliphatic hydroxyl groups is 1. The standard InChI is InChI=1S/C14H23N3O2S/c1-10-7-15-13(20-10)8-16-14(19)17(2)12-5-3-11(9-18)4-6-12/h7,11-12,18H,3-6,8-9H2,1-2H3,(H,16,19). The van der Waals surface area contributed by atoms with Crippen LogP contribution in [0.5, 0.6) is 0 Å². The second-order valence-corrected chi connectivity index (χ2v) is 6.81. The summed E-state index contributed by atoms with van der Waals surface area (Å²) >= 11 is 1.61. The lowest BCUT2D eigenvalue weighted by molar-refractivity contribution is 0.134. The number of rotatable bonds is 4. The molecule has 0 aromatic carbocycles. The molecule has 0 bridgehead atoms. The summed E-state index contributed by atoms with van der Waals surface area (Å²) in [5.41, 5.74) is 0. The highest BCUT2D eigenvalue weighted by atomic mass is 32.1. The zero-order chi connectivity index (χ0) is 14.5. The Morgan fingerprint density at radius 3 is 2.75 bits per heavy atom. The van der Waals surface area contributed by atoms with E-state index in [0.29, 0.717) is 12.5 Å². The average Bonchev–Trinajstić information content (AvgIpc) is 2.89. The van der Waals surface area contributed by atoms with Crippen molar-refractivity contribution < 1.29 is 9.90 Å². The fourth-order valence-electron chi connectivity index (χ4n) is 2.64. The van der Waals surface area contributed by atoms with Crippen LogP contribution in [0.25, 0.3) is 0 Å². The minimum atomic E-state index is -0.0368. The van der Waals surface area contributed by atoms with Gasteiger partial charge in [0.15, 0.2) is 0 Å². The van der Waals surface area contributed by atoms with E-state index >= 15 is 0 Å². The van der Waals surface area contributed by atoms with Gasteiger partial charge in [-0.05, 0) is 38.5 Å². The summed E-state index contributed by atoms with van der Waals surface area (Å²) in [6.45, 7) is 2.77. The number of aliphatic hydroxyl groups excluding tert-OH is 1. The molecule has 20 heavy (non-hydrogen) atoms. The number of nitrogens with one attached hydrogen (secondary N) is 1. The van der Waals surface area contributed by atoms with Gasteiger partial charge in [0.2, 0.25) is 0 Å². The van der Waals surface area contributed by atoms with Crippen molar-refractivity contribution in [2.75, 3.05) is 13.7 Å². The van der Waals surface area contributed by atoms with Gasteiger partial charge >= 0.3 is 6.03 Å². The highest BCUT2D eigenvalue weighted by Gasteiger charge is 2.26. The van der Waals surface area contributed by atoms with Crippen LogP contribution < -0.4 is 5.32 Å². The molecular weight excluding hydrogens is 274 g/mol. The molecule has 0 saturated heterocycles. The Morgan fingerprint density at radius 1 is 1.50 bits per heavy atom. The Kier molecular flexibility index (Phi) is 5.37. The number of thiazole rings is 1. The molecule has 0 aliphatic heterocycles. The average molecular weight is 297 g/mol. The van der Waals surface area contributed by atoms with E-state index in [4.69, 9.17) is 5.11 Å². The molecule has 1 aliphatic rings. The van der Waals surface area contributed by atoms with Crippen LogP contribution in [0, 0.1) is 12.8 Å². The molecule has 0 atom stereocenters. The number of urea groups is 1. The van der Waals surface area contributed by atoms with E-state index in [-0.39, 0.29) is 18.7 Å². The molecule has 5 nitrogen and oxygen atoms in total. The van der Waals surface area contributed by atoms with E-state index in [1.165, 1.54) is 0 Å². The first-order chi connectivity index (χ1) is 9.60. The molecule has 0 spiro atoms. The first kappa shape index (κ1) is 15.3. The molecule has 6 heteroatoms. The lowest BCUT2D eigenvalue weighted by Gasteiger charge is -2.34. The number of carbonyl (C=O) groups excluding carboxylic acids is 1. The molecule has 1 aliphatic carbocycles. The lowest BCUT2D eigenvalue weighted by atomic mass is 9.86. The number of hydrogen-bond acceptors (Lipinski definition) is 4. The van der Waals surface area contributed by atoms with Crippen molar-refractivity contribution in [2.45, 2.75) is 45.2 Å². The van der Waals surface area contributed by atoms with Crippen molar-refractivity contribution in [3.8, 4) is 0 Å². The molecule has 0 unspecified atom stereocenters. The van der Waals surface area contributed by atoms with Gasteiger partial charge in [0, 0.05) is 30.8 Å². The first-order valence-corrected chi connectivity index (χ1v) is 7.94. The van der Waals surface area contributed by atoms with Crippen LogP contribution in [0.4, 0.5) is 4.79 Å². The predicted octanol–water partition coefficient (Wildman–Crippen LogP) is 2.14. The smallest absolute Gasteiger partial charge is 0.317 e. The second kappa shape index (κ2) is 7.04. The Hall–Kier alpha value is -1.14. The number of aryl methyl sites for hydroxylation is 1. The van der Waals surface area contributed by atoms with Crippen molar-refractivity contribution in [3.63, 3.8) is 0 Å². The van der Waals surface area contributed by atoms with E-state index in [1.807, 2.05) is 20.2 Å². The second-order valence-electron chi connectivity index (χ2n) is 5.49. The zero-order valence-corrected chi connectivity index (χ0v) is 12.9. The number of amides is 2. The van der Waals surface area contributed by atoms with Gasteiger partial charge in [-0.1, -0.05) is 0 Å². The van der Waals surface area contributed by atoms with Crippen LogP contribution >= 0.6 is 11.3 Å². The molecule has 1 fully saturated rings. The molecule has 1 aromatic heterocycles. The number of aromatic nitrogens is 1. The summed E-state index contributed by atoms with van der Waals surface area (Å²) in [4.78, 5) is 19.3. The van der Waals surface area contributed by atoms with E-state index < -0.39 is 0 Å². The van der Waals surface area contributed by atoms with Gasteiger partial charge in [0.1, 0.15) is 5.01 Å². The molecule has 112 valence electrons. The van der Waals surface area contributed by atoms with Crippen LogP contribution in [0.2, 0.25) is 0 Å². The van der Waals surface area contributed by atoms with Crippen LogP contribution in [-0.4, -0.2) is 40.7 Å². The summed E-state index contributed by atoms with van der Waals surface area (Å²) in [6, 6.07) is 0.251. The Bertz CT molecular complexity index is 441. The quantitative estimate of drug-likeness (QED) is 0.895. The summed E-state index contributed by atoms with van der Waals surface area (Å²) < 4.78 is 0. The third-order valence-electron chi connectivity index (χ3n) is 4.00. The SMILES string of the molecule is Cc1cnc(CNC(=O)N(C)C2CCC(CO)CC2)s1. The van der Waals surface area contributed by atoms with Gasteiger partial charge in [-0.25, -0.2) is 9.78 Å². The third-order valence-corrected chi connectivity index (χ3v) is 4.92. The van der Waals surface area contributed by atoms with Crippen molar-refractivity contribution in [1.29, 1.82) is 0 Å². The van der Waals surface area contributed by atoms with E-state index in [9.17, 15) is 4.79 Å². The molecule has 2 N–H and O–H groups in total. The van der Waals surface area contributed by atoms with Gasteiger partial charge in [-0.3, -0.25) is 0 Å². The Morgan fingerprint density at radius 2 is 2.20 bits per heavy atom. The van der Waals surface area contributed by atoms with Gasteiger partial charge in [0.05, 0.1) is 6.54 Å². The number of carbonyl (C=O) groups is 1. The number of nitrogens with zero attached hydrogens (tertiary/aromatic N) is 2. The fraction of sp³-hybridized carbons (Fsp3) is 0.714. The van der Waals surface area contributed by atoms with E-state index in [2.05, 4.69) is 10.3 Å². The summed E-state index contributed by atoms with van der Waals surface area (Å²) in [5, 5.41) is 13.0. The van der Waals surface area contributed by atoms with Gasteiger partial charge in [0.25, 0.3) is 0 Å². The van der Waals surface area contributed by atoms with Gasteiger partial charge < -0.3 is 15.3 Å². The molecule has 1 aromatic rings.